The van der Waals surface area contributed by atoms with Gasteiger partial charge in [0.15, 0.2) is 5.78 Å². The van der Waals surface area contributed by atoms with Crippen LogP contribution in [0.25, 0.3) is 0 Å². The summed E-state index contributed by atoms with van der Waals surface area (Å²) in [5.41, 5.74) is 4.84. The predicted octanol–water partition coefficient (Wildman–Crippen LogP) is 7.01. The smallest absolute Gasteiger partial charge is 0.248 e. The van der Waals surface area contributed by atoms with E-state index in [1.807, 2.05) is 55.1 Å². The molecule has 4 saturated heterocycles. The van der Waals surface area contributed by atoms with Crippen molar-refractivity contribution in [3.63, 3.8) is 0 Å². The molecule has 3 amide bonds. The monoisotopic (exact) mass is 849 g/mol. The maximum atomic E-state index is 14.2. The largest absolute Gasteiger partial charge is 0.604 e. The number of nitrogens with one attached hydrogen (secondary N) is 2. The lowest BCUT2D eigenvalue weighted by molar-refractivity contribution is -0.248. The van der Waals surface area contributed by atoms with Gasteiger partial charge in [0.05, 0.1) is 18.1 Å². The molecule has 2 unspecified atom stereocenters. The Balaban J connectivity index is 1.00. The molecular formula is C49H62FN6O6-. The summed E-state index contributed by atoms with van der Waals surface area (Å²) in [5, 5.41) is 18.5. The molecule has 4 heterocycles. The predicted molar refractivity (Wildman–Crippen MR) is 236 cm³/mol. The van der Waals surface area contributed by atoms with Crippen LogP contribution in [0.5, 0.6) is 0 Å². The summed E-state index contributed by atoms with van der Waals surface area (Å²) in [6.45, 7) is 9.03. The Morgan fingerprint density at radius 2 is 1.42 bits per heavy atom. The number of methoxy groups -OCH3 is 1. The Kier molecular flexibility index (Phi) is 14.3. The van der Waals surface area contributed by atoms with Crippen LogP contribution in [0.3, 0.4) is 0 Å². The first-order chi connectivity index (χ1) is 29.9. The molecule has 4 aliphatic heterocycles. The van der Waals surface area contributed by atoms with Crippen molar-refractivity contribution >= 4 is 41.0 Å². The highest BCUT2D eigenvalue weighted by Gasteiger charge is 2.43. The van der Waals surface area contributed by atoms with Crippen molar-refractivity contribution in [1.82, 2.24) is 15.1 Å². The van der Waals surface area contributed by atoms with Gasteiger partial charge in [-0.15, -0.1) is 0 Å². The highest BCUT2D eigenvalue weighted by atomic mass is 19.1. The molecule has 9 atom stereocenters. The minimum atomic E-state index is -0.922. The molecule has 0 saturated carbocycles. The molecule has 0 bridgehead atoms. The molecule has 62 heavy (non-hydrogen) atoms. The zero-order valence-electron chi connectivity index (χ0n) is 36.7. The van der Waals surface area contributed by atoms with E-state index in [4.69, 9.17) is 4.74 Å². The molecule has 2 N–H and O–H groups in total. The number of likely N-dealkylation sites (tertiary alicyclic amines) is 2. The van der Waals surface area contributed by atoms with Crippen molar-refractivity contribution < 1.29 is 33.4 Å². The number of ketones is 1. The number of hydrogen-bond donors (Lipinski definition) is 2. The number of hydrogen-bond acceptors (Lipinski definition) is 9. The van der Waals surface area contributed by atoms with E-state index < -0.39 is 18.2 Å². The second-order valence-corrected chi connectivity index (χ2v) is 17.8. The highest BCUT2D eigenvalue weighted by Crippen LogP contribution is 2.47. The van der Waals surface area contributed by atoms with Crippen LogP contribution >= 0.6 is 0 Å². The van der Waals surface area contributed by atoms with Gasteiger partial charge in [-0.2, -0.15) is 0 Å². The number of carbonyl (C=O) groups excluding carboxylic acids is 4. The Labute approximate surface area is 365 Å². The van der Waals surface area contributed by atoms with Gasteiger partial charge in [0.25, 0.3) is 0 Å². The van der Waals surface area contributed by atoms with Crippen molar-refractivity contribution in [2.45, 2.75) is 134 Å². The number of aliphatic imine (C=N–C) groups is 1. The van der Waals surface area contributed by atoms with E-state index in [1.165, 1.54) is 19.2 Å². The van der Waals surface area contributed by atoms with Crippen LogP contribution in [-0.2, 0) is 23.9 Å². The van der Waals surface area contributed by atoms with Gasteiger partial charge in [-0.3, -0.25) is 24.2 Å². The normalized spacial score (nSPS) is 25.1. The molecule has 12 nitrogen and oxygen atoms in total. The van der Waals surface area contributed by atoms with Crippen LogP contribution in [0.2, 0.25) is 0 Å². The third-order valence-electron chi connectivity index (χ3n) is 13.7. The van der Waals surface area contributed by atoms with Gasteiger partial charge < -0.3 is 35.2 Å². The maximum Gasteiger partial charge on any atom is 0.248 e. The average molecular weight is 850 g/mol. The minimum absolute atomic E-state index is 0.0124. The fourth-order valence-electron chi connectivity index (χ4n) is 9.66. The van der Waals surface area contributed by atoms with E-state index in [0.29, 0.717) is 56.8 Å². The van der Waals surface area contributed by atoms with E-state index >= 15 is 0 Å². The van der Waals surface area contributed by atoms with Gasteiger partial charge in [0.2, 0.25) is 17.7 Å². The number of nitrogens with zero attached hydrogens (tertiary/aromatic N) is 4. The third-order valence-corrected chi connectivity index (χ3v) is 13.7. The molecular weight excluding hydrogens is 788 g/mol. The topological polar surface area (TPSA) is 157 Å². The summed E-state index contributed by atoms with van der Waals surface area (Å²) < 4.78 is 18.9. The van der Waals surface area contributed by atoms with Crippen LogP contribution < -0.4 is 20.6 Å². The van der Waals surface area contributed by atoms with Gasteiger partial charge in [-0.1, -0.05) is 76.9 Å². The standard InChI is InChI=1S/C49H63FN6O6/c1-6-30(3)28-44(58)54-26-8-10-41(54)43(57)29-38-46(52-38)34-14-12-32(13-15-34)39-24-25-40(56(39)37-22-18-35(50)19-23-37)33-16-20-36(21-17-33)51-47(59)42-11-9-27-55(42)48(60)45(31(4)7-2)53-49(61)62-5/h12-23,30-31,38-42,45-46,52H,6-11,24-29H2,1-5H3,(H,51,59)(H,53,61)/p-1/t30-,31-,38?,39+,40-,41+,42-,45+,46?/m1/s1. The maximum absolute atomic E-state index is 14.2. The van der Waals surface area contributed by atoms with Crippen molar-refractivity contribution in [1.29, 1.82) is 0 Å². The van der Waals surface area contributed by atoms with Gasteiger partial charge in [0.1, 0.15) is 24.0 Å². The van der Waals surface area contributed by atoms with Gasteiger partial charge in [-0.25, -0.2) is 4.39 Å². The molecule has 4 aliphatic rings. The minimum Gasteiger partial charge on any atom is -0.604 e. The van der Waals surface area contributed by atoms with E-state index in [9.17, 15) is 28.7 Å². The Morgan fingerprint density at radius 3 is 2.03 bits per heavy atom. The first-order valence-electron chi connectivity index (χ1n) is 22.6. The van der Waals surface area contributed by atoms with E-state index in [1.54, 1.807) is 4.90 Å². The lowest BCUT2D eigenvalue weighted by Crippen LogP contribution is -2.48. The van der Waals surface area contributed by atoms with Gasteiger partial charge >= 0.3 is 0 Å². The molecule has 0 spiro atoms. The number of amides is 3. The number of anilines is 2. The van der Waals surface area contributed by atoms with Crippen molar-refractivity contribution in [3.05, 3.63) is 95.3 Å². The van der Waals surface area contributed by atoms with Crippen molar-refractivity contribution in [2.24, 2.45) is 16.8 Å². The molecule has 7 rings (SSSR count). The summed E-state index contributed by atoms with van der Waals surface area (Å²) >= 11 is 0. The average Bonchev–Trinajstić information content (AvgIpc) is 3.67. The summed E-state index contributed by atoms with van der Waals surface area (Å²) in [4.78, 5) is 63.4. The summed E-state index contributed by atoms with van der Waals surface area (Å²) in [5.74, 6) is -0.581. The number of rotatable bonds is 16. The fraction of sp³-hybridized carbons (Fsp3) is 0.531. The van der Waals surface area contributed by atoms with E-state index in [0.717, 1.165) is 54.5 Å². The molecule has 4 fully saturated rings. The summed E-state index contributed by atoms with van der Waals surface area (Å²) in [7, 11) is 1.23. The van der Waals surface area contributed by atoms with Crippen LogP contribution in [0.1, 0.15) is 127 Å². The number of ether oxygens (including phenoxy) is 1. The van der Waals surface area contributed by atoms with Crippen molar-refractivity contribution in [2.75, 3.05) is 30.4 Å². The number of benzene rings is 3. The van der Waals surface area contributed by atoms with E-state index in [2.05, 4.69) is 58.6 Å². The number of halogens is 1. The first kappa shape index (κ1) is 44.7. The van der Waals surface area contributed by atoms with Gasteiger partial charge in [0, 0.05) is 49.4 Å². The number of Topliss-reactive ketones (excluding diaryl/α,β-unsaturated/α-hetero) is 1. The quantitative estimate of drug-likeness (QED) is 0.0886. The van der Waals surface area contributed by atoms with Crippen LogP contribution in [0, 0.1) is 17.7 Å². The Morgan fingerprint density at radius 1 is 0.823 bits per heavy atom. The Hall–Kier alpha value is -5.30. The lowest BCUT2D eigenvalue weighted by atomic mass is 9.98. The van der Waals surface area contributed by atoms with Crippen LogP contribution in [-0.4, -0.2) is 83.8 Å². The highest BCUT2D eigenvalue weighted by molar-refractivity contribution is 5.98. The molecule has 0 aromatic heterocycles. The fourth-order valence-corrected chi connectivity index (χ4v) is 9.66. The first-order valence-corrected chi connectivity index (χ1v) is 22.6. The lowest BCUT2D eigenvalue weighted by Gasteiger charge is -2.33. The molecule has 0 radical (unpaired) electrons. The van der Waals surface area contributed by atoms with Crippen LogP contribution in [0.4, 0.5) is 15.8 Å². The van der Waals surface area contributed by atoms with E-state index in [-0.39, 0.29) is 65.4 Å². The molecule has 0 aliphatic carbocycles. The number of carbonyl (C=O) groups is 4. The second kappa shape index (κ2) is 19.8. The molecule has 13 heteroatoms. The molecule has 3 aromatic carbocycles. The molecule has 3 aromatic rings. The second-order valence-electron chi connectivity index (χ2n) is 17.8. The SMILES string of the molecule is CC[C@@H](C)CC(=O)N1CCC[C@H]1C(=O)CC1NC1c1ccc([C@@H]2CC[C@H](c3ccc(NC(=O)[C@H]4CCCN4C(=O)[C@@H](N=C([O-])OC)[C@H](C)CC)cc3)N2c2ccc(F)cc2)cc1. The summed E-state index contributed by atoms with van der Waals surface area (Å²) in [6, 6.07) is 21.2. The zero-order valence-corrected chi connectivity index (χ0v) is 36.7. The van der Waals surface area contributed by atoms with Gasteiger partial charge in [-0.05, 0) is 111 Å². The zero-order chi connectivity index (χ0) is 44.1. The molecule has 332 valence electrons. The van der Waals surface area contributed by atoms with Crippen molar-refractivity contribution in [3.8, 4) is 0 Å². The Bertz CT molecular complexity index is 2080. The third kappa shape index (κ3) is 9.98. The van der Waals surface area contributed by atoms with Crippen LogP contribution in [0.15, 0.2) is 77.8 Å². The summed E-state index contributed by atoms with van der Waals surface area (Å²) in [6.07, 6.45) is 6.19.